The van der Waals surface area contributed by atoms with E-state index in [1.165, 1.54) is 24.3 Å². The molecule has 15 rings (SSSR count). The van der Waals surface area contributed by atoms with Gasteiger partial charge in [-0.1, -0.05) is 205 Å². The number of piperazine rings is 3. The van der Waals surface area contributed by atoms with Crippen molar-refractivity contribution in [2.45, 2.75) is 85.7 Å². The molecule has 3 aliphatic heterocycles. The Bertz CT molecular complexity index is 5880. The van der Waals surface area contributed by atoms with E-state index in [9.17, 15) is 27.6 Å². The predicted octanol–water partition coefficient (Wildman–Crippen LogP) is 21.9. The number of carbonyl (C=O) groups is 3. The van der Waals surface area contributed by atoms with Gasteiger partial charge in [-0.2, -0.15) is 0 Å². The first-order chi connectivity index (χ1) is 55.8. The molecule has 116 heavy (non-hydrogen) atoms. The number of nitrogens with zero attached hydrogens (tertiary/aromatic N) is 13. The summed E-state index contributed by atoms with van der Waals surface area (Å²) in [6.45, 7) is 44.9. The molecule has 0 atom stereocenters. The lowest BCUT2D eigenvalue weighted by Crippen LogP contribution is -2.50. The molecule has 0 unspecified atom stereocenters. The minimum Gasteiger partial charge on any atom is -0.444 e. The van der Waals surface area contributed by atoms with E-state index in [-0.39, 0.29) is 62.6 Å². The summed E-state index contributed by atoms with van der Waals surface area (Å²) in [4.78, 5) is 84.0. The maximum Gasteiger partial charge on any atom is 0.410 e. The maximum atomic E-state index is 15.0. The second kappa shape index (κ2) is 35.5. The highest BCUT2D eigenvalue weighted by Crippen LogP contribution is 2.49. The molecule has 6 aromatic heterocycles. The number of halogens is 6. The maximum absolute atomic E-state index is 15.0. The van der Waals surface area contributed by atoms with Crippen molar-refractivity contribution in [2.75, 3.05) is 93.2 Å². The third-order valence-electron chi connectivity index (χ3n) is 20.7. The molecule has 3 fully saturated rings. The average Bonchev–Trinajstić information content (AvgIpc) is 0.749. The molecular weight excluding hydrogens is 1530 g/mol. The van der Waals surface area contributed by atoms with Crippen molar-refractivity contribution in [1.29, 1.82) is 0 Å². The number of rotatable bonds is 14. The molecule has 24 heteroatoms. The zero-order chi connectivity index (χ0) is 82.4. The topological polar surface area (TPSA) is 175 Å². The van der Waals surface area contributed by atoms with Crippen molar-refractivity contribution in [3.63, 3.8) is 0 Å². The van der Waals surface area contributed by atoms with E-state index in [0.29, 0.717) is 147 Å². The first-order valence-corrected chi connectivity index (χ1v) is 39.6. The van der Waals surface area contributed by atoms with Crippen LogP contribution in [0.1, 0.15) is 107 Å². The van der Waals surface area contributed by atoms with E-state index in [1.54, 1.807) is 76.5 Å². The quantitative estimate of drug-likeness (QED) is 0.0618. The third kappa shape index (κ3) is 17.1. The summed E-state index contributed by atoms with van der Waals surface area (Å²) in [5.41, 5.74) is 10.8. The molecule has 2 amide bonds. The number of hydrogen-bond donors (Lipinski definition) is 1. The number of hydrogen-bond acceptors (Lipinski definition) is 14. The Morgan fingerprint density at radius 2 is 0.784 bits per heavy atom. The van der Waals surface area contributed by atoms with Gasteiger partial charge < -0.3 is 44.2 Å². The molecule has 12 aromatic rings. The molecule has 0 spiro atoms. The molecule has 0 radical (unpaired) electrons. The van der Waals surface area contributed by atoms with Gasteiger partial charge in [-0.15, -0.1) is 9.97 Å². The zero-order valence-corrected chi connectivity index (χ0v) is 68.1. The average molecular weight is 1620 g/mol. The van der Waals surface area contributed by atoms with Gasteiger partial charge in [0.15, 0.2) is 6.29 Å². The van der Waals surface area contributed by atoms with Gasteiger partial charge in [0.1, 0.15) is 34.6 Å². The summed E-state index contributed by atoms with van der Waals surface area (Å²) >= 11 is 20.3. The number of ether oxygens (including phenoxy) is 1. The lowest BCUT2D eigenvalue weighted by molar-refractivity contribution is -0.126. The zero-order valence-electron chi connectivity index (χ0n) is 65.9. The van der Waals surface area contributed by atoms with Crippen molar-refractivity contribution >= 4 is 115 Å². The van der Waals surface area contributed by atoms with Crippen LogP contribution in [0.15, 0.2) is 176 Å². The third-order valence-corrected chi connectivity index (χ3v) is 21.6. The Kier molecular flexibility index (Phi) is 25.1. The second-order valence-electron chi connectivity index (χ2n) is 30.3. The van der Waals surface area contributed by atoms with Gasteiger partial charge in [-0.3, -0.25) is 9.59 Å². The summed E-state index contributed by atoms with van der Waals surface area (Å²) in [6, 6.07) is 48.3. The standard InChI is InChI=1S/C33H33ClFN5O2.C31H27ClFN5O.C28H26ClFN4O/c1-20(2)21-11-7-8-12-22(21)27-29-24(19-25(34)28(37-29)23-13-9-10-14-26(23)35)31(38-30(27)36-6)39-15-17-40(18-16-39)32(41)42-33(3,4)5;1-5-26(39)37-14-16-38(17-15-37)31-23-18-24(32)28(22-12-8-9-13-25(22)33)35-29(23)27(30(34-4)36-31)21-11-7-6-10-20(21)19(2)3;1-17(2)18-7-3-4-8-19(18)25-24(16-35)32-28(34-13-11-31-12-14-34)21-15-22(29)26(33-27(21)25)20-9-5-6-10-23(20)30/h7-14,19-20H,15-18H2,1-5H3;5-13,18-19H,1,14-17H2,2-3H3;3-10,15-17,31H,11-14H2,1-2H3. The van der Waals surface area contributed by atoms with Gasteiger partial charge in [-0.25, -0.2) is 37.9 Å². The van der Waals surface area contributed by atoms with Crippen LogP contribution in [0, 0.1) is 30.6 Å². The van der Waals surface area contributed by atoms with E-state index >= 15 is 0 Å². The first-order valence-electron chi connectivity index (χ1n) is 38.5. The van der Waals surface area contributed by atoms with Crippen molar-refractivity contribution in [2.24, 2.45) is 0 Å². The van der Waals surface area contributed by atoms with Crippen LogP contribution < -0.4 is 20.0 Å². The van der Waals surface area contributed by atoms with Crippen LogP contribution >= 0.6 is 34.8 Å². The highest BCUT2D eigenvalue weighted by Gasteiger charge is 2.34. The Morgan fingerprint density at radius 1 is 0.466 bits per heavy atom. The number of aldehydes is 1. The van der Waals surface area contributed by atoms with Crippen LogP contribution in [0.5, 0.6) is 0 Å². The predicted molar refractivity (Wildman–Crippen MR) is 460 cm³/mol. The summed E-state index contributed by atoms with van der Waals surface area (Å²) < 4.78 is 50.2. The lowest BCUT2D eigenvalue weighted by atomic mass is 9.90. The number of anilines is 3. The highest BCUT2D eigenvalue weighted by atomic mass is 35.5. The van der Waals surface area contributed by atoms with Crippen molar-refractivity contribution in [3.8, 4) is 67.2 Å². The van der Waals surface area contributed by atoms with Crippen LogP contribution in [0.4, 0.5) is 47.1 Å². The minimum absolute atomic E-state index is 0.116. The molecule has 6 aromatic carbocycles. The van der Waals surface area contributed by atoms with Gasteiger partial charge in [0, 0.05) is 117 Å². The van der Waals surface area contributed by atoms with E-state index in [4.69, 9.17) is 82.6 Å². The summed E-state index contributed by atoms with van der Waals surface area (Å²) in [5.74, 6) is 1.40. The molecule has 3 aliphatic rings. The van der Waals surface area contributed by atoms with E-state index in [1.807, 2.05) is 103 Å². The molecule has 590 valence electrons. The molecule has 9 heterocycles. The Balaban J connectivity index is 0.000000152. The number of nitrogens with one attached hydrogen (secondary N) is 1. The summed E-state index contributed by atoms with van der Waals surface area (Å²) in [7, 11) is 0. The van der Waals surface area contributed by atoms with Crippen molar-refractivity contribution < 1.29 is 32.3 Å². The molecule has 0 bridgehead atoms. The van der Waals surface area contributed by atoms with Crippen molar-refractivity contribution in [3.05, 3.63) is 254 Å². The monoisotopic (exact) mass is 1610 g/mol. The van der Waals surface area contributed by atoms with Crippen LogP contribution in [-0.2, 0) is 9.53 Å². The Hall–Kier alpha value is -11.9. The SMILES string of the molecule is CC(C)c1ccccc1-c1c(C=O)nc(N2CCNCC2)c2cc(Cl)c(-c3ccccc3F)nc12.[C-]#[N+]c1nc(N2CCN(C(=O)C=C)CC2)c2cc(Cl)c(-c3ccccc3F)nc2c1-c1ccccc1C(C)C.[C-]#[N+]c1nc(N2CCN(C(=O)OC(C)(C)C)CC2)c2cc(Cl)c(-c3ccccc3F)nc2c1-c1ccccc1C(C)C. The molecule has 3 saturated heterocycles. The largest absolute Gasteiger partial charge is 0.444 e. The normalized spacial score (nSPS) is 13.8. The van der Waals surface area contributed by atoms with Crippen LogP contribution in [-0.4, -0.2) is 142 Å². The molecular formula is C92H86Cl3F3N14O4. The molecule has 1 N–H and O–H groups in total. The first kappa shape index (κ1) is 82.1. The fourth-order valence-electron chi connectivity index (χ4n) is 15.1. The molecule has 0 saturated carbocycles. The fraction of sp³-hybridized carbons (Fsp3) is 0.272. The number of pyridine rings is 6. The van der Waals surface area contributed by atoms with Gasteiger partial charge in [-0.05, 0) is 133 Å². The Morgan fingerprint density at radius 3 is 1.12 bits per heavy atom. The van der Waals surface area contributed by atoms with E-state index < -0.39 is 23.1 Å². The smallest absolute Gasteiger partial charge is 0.410 e. The van der Waals surface area contributed by atoms with Crippen LogP contribution in [0.2, 0.25) is 15.1 Å². The number of benzene rings is 6. The molecule has 0 aliphatic carbocycles. The number of carbonyl (C=O) groups excluding carboxylic acids is 3. The van der Waals surface area contributed by atoms with Gasteiger partial charge in [0.25, 0.3) is 11.6 Å². The van der Waals surface area contributed by atoms with Gasteiger partial charge >= 0.3 is 6.09 Å². The highest BCUT2D eigenvalue weighted by molar-refractivity contribution is 6.35. The van der Waals surface area contributed by atoms with E-state index in [0.717, 1.165) is 71.2 Å². The summed E-state index contributed by atoms with van der Waals surface area (Å²) in [6.07, 6.45) is 1.74. The Labute approximate surface area is 688 Å². The van der Waals surface area contributed by atoms with Crippen LogP contribution in [0.25, 0.3) is 110 Å². The van der Waals surface area contributed by atoms with Gasteiger partial charge in [0.05, 0.1) is 59.5 Å². The lowest BCUT2D eigenvalue weighted by Gasteiger charge is -2.35. The van der Waals surface area contributed by atoms with Gasteiger partial charge in [0.2, 0.25) is 17.5 Å². The number of fused-ring (bicyclic) bond motifs is 3. The minimum atomic E-state index is -0.586. The van der Waals surface area contributed by atoms with Crippen LogP contribution in [0.3, 0.4) is 0 Å². The molecule has 18 nitrogen and oxygen atoms in total. The van der Waals surface area contributed by atoms with Crippen molar-refractivity contribution in [1.82, 2.24) is 45.0 Å². The number of amides is 2. The number of aromatic nitrogens is 6. The van der Waals surface area contributed by atoms with E-state index in [2.05, 4.69) is 74.1 Å². The fourth-order valence-corrected chi connectivity index (χ4v) is 15.8. The second-order valence-corrected chi connectivity index (χ2v) is 31.5. The summed E-state index contributed by atoms with van der Waals surface area (Å²) in [5, 5.41) is 6.32.